The minimum Gasteiger partial charge on any atom is -0.323 e. The van der Waals surface area contributed by atoms with Gasteiger partial charge in [-0.25, -0.2) is 0 Å². The number of nitriles is 1. The van der Waals surface area contributed by atoms with Crippen LogP contribution >= 0.6 is 0 Å². The van der Waals surface area contributed by atoms with Crippen molar-refractivity contribution in [1.82, 2.24) is 0 Å². The van der Waals surface area contributed by atoms with Crippen LogP contribution in [-0.2, 0) is 4.79 Å². The molecule has 0 saturated heterocycles. The quantitative estimate of drug-likeness (QED) is 0.894. The van der Waals surface area contributed by atoms with Crippen molar-refractivity contribution >= 4 is 11.6 Å². The standard InChI is InChI=1S/C16H15N3O/c1-11-6-5-9-14(13(11)10-17)19-16(20)15(18)12-7-3-2-4-8-12/h2-9,15H,18H2,1H3,(H,19,20)/t15-/m1/s1. The van der Waals surface area contributed by atoms with Crippen LogP contribution in [0.3, 0.4) is 0 Å². The number of hydrogen-bond donors (Lipinski definition) is 2. The molecule has 4 nitrogen and oxygen atoms in total. The molecule has 0 radical (unpaired) electrons. The number of amides is 1. The maximum absolute atomic E-state index is 12.1. The second kappa shape index (κ2) is 6.00. The summed E-state index contributed by atoms with van der Waals surface area (Å²) < 4.78 is 0. The predicted octanol–water partition coefficient (Wildman–Crippen LogP) is 2.51. The van der Waals surface area contributed by atoms with Crippen molar-refractivity contribution < 1.29 is 4.79 Å². The van der Waals surface area contributed by atoms with Gasteiger partial charge < -0.3 is 11.1 Å². The molecule has 20 heavy (non-hydrogen) atoms. The van der Waals surface area contributed by atoms with E-state index >= 15 is 0 Å². The molecular formula is C16H15N3O. The van der Waals surface area contributed by atoms with Crippen LogP contribution < -0.4 is 11.1 Å². The van der Waals surface area contributed by atoms with Crippen LogP contribution in [0, 0.1) is 18.3 Å². The van der Waals surface area contributed by atoms with Gasteiger partial charge in [-0.1, -0.05) is 42.5 Å². The zero-order chi connectivity index (χ0) is 14.5. The maximum atomic E-state index is 12.1. The fraction of sp³-hybridized carbons (Fsp3) is 0.125. The lowest BCUT2D eigenvalue weighted by Crippen LogP contribution is -2.28. The van der Waals surface area contributed by atoms with E-state index in [9.17, 15) is 4.79 Å². The lowest BCUT2D eigenvalue weighted by Gasteiger charge is -2.14. The first-order chi connectivity index (χ1) is 9.63. The highest BCUT2D eigenvalue weighted by Gasteiger charge is 2.17. The topological polar surface area (TPSA) is 78.9 Å². The molecule has 4 heteroatoms. The van der Waals surface area contributed by atoms with Gasteiger partial charge in [0.15, 0.2) is 0 Å². The fourth-order valence-corrected chi connectivity index (χ4v) is 1.94. The highest BCUT2D eigenvalue weighted by Crippen LogP contribution is 2.20. The van der Waals surface area contributed by atoms with Crippen molar-refractivity contribution in [3.8, 4) is 6.07 Å². The summed E-state index contributed by atoms with van der Waals surface area (Å²) in [7, 11) is 0. The Hall–Kier alpha value is -2.64. The van der Waals surface area contributed by atoms with Gasteiger partial charge >= 0.3 is 0 Å². The summed E-state index contributed by atoms with van der Waals surface area (Å²) in [4.78, 5) is 12.1. The molecule has 2 aromatic carbocycles. The molecule has 0 unspecified atom stereocenters. The molecule has 0 saturated carbocycles. The van der Waals surface area contributed by atoms with E-state index in [1.165, 1.54) is 0 Å². The van der Waals surface area contributed by atoms with E-state index in [1.807, 2.05) is 31.2 Å². The van der Waals surface area contributed by atoms with Crippen LogP contribution in [0.4, 0.5) is 5.69 Å². The number of rotatable bonds is 3. The van der Waals surface area contributed by atoms with Gasteiger partial charge in [0.1, 0.15) is 12.1 Å². The Morgan fingerprint density at radius 1 is 1.20 bits per heavy atom. The van der Waals surface area contributed by atoms with Crippen molar-refractivity contribution in [3.05, 3.63) is 65.2 Å². The lowest BCUT2D eigenvalue weighted by atomic mass is 10.1. The third-order valence-corrected chi connectivity index (χ3v) is 3.08. The van der Waals surface area contributed by atoms with Crippen molar-refractivity contribution in [3.63, 3.8) is 0 Å². The van der Waals surface area contributed by atoms with E-state index < -0.39 is 6.04 Å². The maximum Gasteiger partial charge on any atom is 0.245 e. The number of nitrogens with one attached hydrogen (secondary N) is 1. The Kier molecular flexibility index (Phi) is 4.14. The average Bonchev–Trinajstić information content (AvgIpc) is 2.47. The highest BCUT2D eigenvalue weighted by molar-refractivity contribution is 5.96. The number of benzene rings is 2. The Morgan fingerprint density at radius 3 is 2.55 bits per heavy atom. The van der Waals surface area contributed by atoms with Gasteiger partial charge in [-0.3, -0.25) is 4.79 Å². The van der Waals surface area contributed by atoms with E-state index in [0.29, 0.717) is 11.3 Å². The third-order valence-electron chi connectivity index (χ3n) is 3.08. The van der Waals surface area contributed by atoms with Crippen molar-refractivity contribution in [1.29, 1.82) is 5.26 Å². The summed E-state index contributed by atoms with van der Waals surface area (Å²) in [5.74, 6) is -0.335. The second-order valence-corrected chi connectivity index (χ2v) is 4.49. The van der Waals surface area contributed by atoms with Crippen LogP contribution in [-0.4, -0.2) is 5.91 Å². The Labute approximate surface area is 117 Å². The van der Waals surface area contributed by atoms with E-state index in [1.54, 1.807) is 24.3 Å². The zero-order valence-corrected chi connectivity index (χ0v) is 11.1. The summed E-state index contributed by atoms with van der Waals surface area (Å²) in [6.45, 7) is 1.82. The van der Waals surface area contributed by atoms with Crippen molar-refractivity contribution in [2.24, 2.45) is 5.73 Å². The fourth-order valence-electron chi connectivity index (χ4n) is 1.94. The van der Waals surface area contributed by atoms with Gasteiger partial charge in [-0.2, -0.15) is 5.26 Å². The number of nitrogens with two attached hydrogens (primary N) is 1. The van der Waals surface area contributed by atoms with Gasteiger partial charge in [0.25, 0.3) is 0 Å². The Balaban J connectivity index is 2.21. The number of aryl methyl sites for hydroxylation is 1. The van der Waals surface area contributed by atoms with E-state index in [4.69, 9.17) is 11.0 Å². The molecule has 0 bridgehead atoms. The predicted molar refractivity (Wildman–Crippen MR) is 77.9 cm³/mol. The molecule has 0 aliphatic carbocycles. The SMILES string of the molecule is Cc1cccc(NC(=O)[C@H](N)c2ccccc2)c1C#N. The van der Waals surface area contributed by atoms with Crippen LogP contribution in [0.15, 0.2) is 48.5 Å². The average molecular weight is 265 g/mol. The Bertz CT molecular complexity index is 659. The first kappa shape index (κ1) is 13.8. The van der Waals surface area contributed by atoms with Gasteiger partial charge in [0.05, 0.1) is 11.3 Å². The normalized spacial score (nSPS) is 11.4. The second-order valence-electron chi connectivity index (χ2n) is 4.49. The molecule has 3 N–H and O–H groups in total. The minimum atomic E-state index is -0.761. The van der Waals surface area contributed by atoms with Gasteiger partial charge in [-0.05, 0) is 24.1 Å². The first-order valence-corrected chi connectivity index (χ1v) is 6.24. The molecular weight excluding hydrogens is 250 g/mol. The van der Waals surface area contributed by atoms with Crippen molar-refractivity contribution in [2.75, 3.05) is 5.32 Å². The van der Waals surface area contributed by atoms with Crippen LogP contribution in [0.1, 0.15) is 22.7 Å². The minimum absolute atomic E-state index is 0.335. The monoisotopic (exact) mass is 265 g/mol. The number of hydrogen-bond acceptors (Lipinski definition) is 3. The van der Waals surface area contributed by atoms with Gasteiger partial charge in [-0.15, -0.1) is 0 Å². The summed E-state index contributed by atoms with van der Waals surface area (Å²) in [5, 5.41) is 11.8. The number of nitrogens with zero attached hydrogens (tertiary/aromatic N) is 1. The lowest BCUT2D eigenvalue weighted by molar-refractivity contribution is -0.117. The molecule has 2 aromatic rings. The first-order valence-electron chi connectivity index (χ1n) is 6.24. The summed E-state index contributed by atoms with van der Waals surface area (Å²) >= 11 is 0. The summed E-state index contributed by atoms with van der Waals surface area (Å²) in [6.07, 6.45) is 0. The molecule has 100 valence electrons. The molecule has 1 amide bonds. The number of carbonyl (C=O) groups excluding carboxylic acids is 1. The molecule has 0 fully saturated rings. The van der Waals surface area contributed by atoms with E-state index in [0.717, 1.165) is 11.1 Å². The summed E-state index contributed by atoms with van der Waals surface area (Å²) in [5.41, 5.74) is 8.42. The van der Waals surface area contributed by atoms with E-state index in [-0.39, 0.29) is 5.91 Å². The molecule has 1 atom stereocenters. The van der Waals surface area contributed by atoms with E-state index in [2.05, 4.69) is 11.4 Å². The van der Waals surface area contributed by atoms with Gasteiger partial charge in [0.2, 0.25) is 5.91 Å². The van der Waals surface area contributed by atoms with Crippen LogP contribution in [0.25, 0.3) is 0 Å². The largest absolute Gasteiger partial charge is 0.323 e. The highest BCUT2D eigenvalue weighted by atomic mass is 16.2. The molecule has 0 aliphatic rings. The molecule has 0 aliphatic heterocycles. The van der Waals surface area contributed by atoms with Crippen LogP contribution in [0.2, 0.25) is 0 Å². The Morgan fingerprint density at radius 2 is 1.90 bits per heavy atom. The number of carbonyl (C=O) groups is 1. The zero-order valence-electron chi connectivity index (χ0n) is 11.1. The molecule has 0 spiro atoms. The van der Waals surface area contributed by atoms with Crippen LogP contribution in [0.5, 0.6) is 0 Å². The molecule has 0 aromatic heterocycles. The van der Waals surface area contributed by atoms with Gasteiger partial charge in [0, 0.05) is 0 Å². The molecule has 2 rings (SSSR count). The smallest absolute Gasteiger partial charge is 0.245 e. The molecule has 0 heterocycles. The number of anilines is 1. The third kappa shape index (κ3) is 2.85. The summed E-state index contributed by atoms with van der Waals surface area (Å²) in [6, 6.07) is 15.8. The van der Waals surface area contributed by atoms with Crippen molar-refractivity contribution in [2.45, 2.75) is 13.0 Å².